The monoisotopic (exact) mass is 616 g/mol. The highest BCUT2D eigenvalue weighted by molar-refractivity contribution is 5.45. The second-order valence-corrected chi connectivity index (χ2v) is 13.5. The number of anilines is 2. The second kappa shape index (κ2) is 19.2. The maximum absolute atomic E-state index is 6.05. The van der Waals surface area contributed by atoms with E-state index < -0.39 is 0 Å². The van der Waals surface area contributed by atoms with Gasteiger partial charge in [0.1, 0.15) is 0 Å². The molecule has 0 aliphatic rings. The molecule has 4 aromatic carbocycles. The predicted octanol–water partition coefficient (Wildman–Crippen LogP) is 12.8. The summed E-state index contributed by atoms with van der Waals surface area (Å²) in [4.78, 5) is 0. The van der Waals surface area contributed by atoms with E-state index in [9.17, 15) is 0 Å². The zero-order valence-electron chi connectivity index (χ0n) is 29.0. The average molecular weight is 617 g/mol. The molecule has 246 valence electrons. The minimum absolute atomic E-state index is 0.409. The van der Waals surface area contributed by atoms with Gasteiger partial charge in [0, 0.05) is 29.1 Å². The van der Waals surface area contributed by atoms with Crippen LogP contribution in [-0.2, 0) is 0 Å². The smallest absolute Gasteiger partial charge is 0.0314 e. The van der Waals surface area contributed by atoms with E-state index in [0.29, 0.717) is 17.8 Å². The van der Waals surface area contributed by atoms with Gasteiger partial charge in [0.05, 0.1) is 0 Å². The summed E-state index contributed by atoms with van der Waals surface area (Å²) in [6.07, 6.45) is 17.6. The maximum Gasteiger partial charge on any atom is 0.0314 e. The molecule has 2 unspecified atom stereocenters. The summed E-state index contributed by atoms with van der Waals surface area (Å²) in [5, 5.41) is 0. The summed E-state index contributed by atoms with van der Waals surface area (Å²) in [7, 11) is 0. The molecular formula is C44H60N2. The van der Waals surface area contributed by atoms with E-state index in [0.717, 1.165) is 11.4 Å². The third kappa shape index (κ3) is 10.5. The fraction of sp³-hybridized carbons (Fsp3) is 0.455. The first kappa shape index (κ1) is 35.3. The lowest BCUT2D eigenvalue weighted by Gasteiger charge is -2.23. The van der Waals surface area contributed by atoms with Crippen LogP contribution in [0.5, 0.6) is 0 Å². The van der Waals surface area contributed by atoms with E-state index in [4.69, 9.17) is 11.5 Å². The minimum Gasteiger partial charge on any atom is -0.399 e. The van der Waals surface area contributed by atoms with Crippen LogP contribution in [0.1, 0.15) is 162 Å². The third-order valence-electron chi connectivity index (χ3n) is 9.95. The minimum atomic E-state index is 0.409. The highest BCUT2D eigenvalue weighted by atomic mass is 14.5. The Kier molecular flexibility index (Phi) is 14.8. The van der Waals surface area contributed by atoms with E-state index >= 15 is 0 Å². The Morgan fingerprint density at radius 2 is 0.543 bits per heavy atom. The highest BCUT2D eigenvalue weighted by Crippen LogP contribution is 2.37. The number of nitrogens with two attached hydrogens (primary N) is 2. The molecule has 0 aliphatic carbocycles. The lowest BCUT2D eigenvalue weighted by molar-refractivity contribution is 0.594. The number of hydrogen-bond acceptors (Lipinski definition) is 2. The number of hydrogen-bond donors (Lipinski definition) is 2. The summed E-state index contributed by atoms with van der Waals surface area (Å²) in [5.41, 5.74) is 22.2. The van der Waals surface area contributed by atoms with Crippen LogP contribution in [0, 0.1) is 0 Å². The van der Waals surface area contributed by atoms with Crippen LogP contribution in [0.4, 0.5) is 11.4 Å². The standard InChI is InChI=1S/C44H60N2/c1-4-7-10-13-16-43(38-26-30-40(45)31-27-38)36-22-18-34(19-23-36)42(15-12-9-6-3)35-20-24-37(25-21-35)44(17-14-11-8-5-2)39-28-32-41(46)33-29-39/h18-33,42-44H,4-17,45-46H2,1-3H3. The molecular weight excluding hydrogens is 556 g/mol. The molecule has 0 amide bonds. The molecule has 4 N–H and O–H groups in total. The second-order valence-electron chi connectivity index (χ2n) is 13.5. The van der Waals surface area contributed by atoms with E-state index in [1.165, 1.54) is 123 Å². The van der Waals surface area contributed by atoms with Crippen molar-refractivity contribution in [3.63, 3.8) is 0 Å². The Balaban J connectivity index is 1.58. The van der Waals surface area contributed by atoms with Crippen LogP contribution in [0.3, 0.4) is 0 Å². The molecule has 0 spiro atoms. The van der Waals surface area contributed by atoms with Gasteiger partial charge < -0.3 is 11.5 Å². The van der Waals surface area contributed by atoms with Gasteiger partial charge in [0.25, 0.3) is 0 Å². The van der Waals surface area contributed by atoms with Crippen LogP contribution in [-0.4, -0.2) is 0 Å². The molecule has 0 aromatic heterocycles. The molecule has 0 aliphatic heterocycles. The van der Waals surface area contributed by atoms with Gasteiger partial charge in [-0.2, -0.15) is 0 Å². The molecule has 46 heavy (non-hydrogen) atoms. The molecule has 2 atom stereocenters. The van der Waals surface area contributed by atoms with Gasteiger partial charge in [-0.3, -0.25) is 0 Å². The topological polar surface area (TPSA) is 52.0 Å². The van der Waals surface area contributed by atoms with Gasteiger partial charge in [0.2, 0.25) is 0 Å². The van der Waals surface area contributed by atoms with Crippen molar-refractivity contribution in [2.45, 2.75) is 128 Å². The summed E-state index contributed by atoms with van der Waals surface area (Å²) < 4.78 is 0. The summed E-state index contributed by atoms with van der Waals surface area (Å²) >= 11 is 0. The van der Waals surface area contributed by atoms with Crippen molar-refractivity contribution in [3.8, 4) is 0 Å². The molecule has 4 rings (SSSR count). The van der Waals surface area contributed by atoms with Crippen LogP contribution in [0.15, 0.2) is 97.1 Å². The third-order valence-corrected chi connectivity index (χ3v) is 9.95. The Hall–Kier alpha value is -3.52. The SMILES string of the molecule is CCCCCCC(c1ccc(N)cc1)c1ccc(C(CCCCC)c2ccc(C(CCCCCC)c3ccc(N)cc3)cc2)cc1. The van der Waals surface area contributed by atoms with Crippen molar-refractivity contribution in [2.75, 3.05) is 11.5 Å². The molecule has 4 aromatic rings. The lowest BCUT2D eigenvalue weighted by Crippen LogP contribution is -2.06. The summed E-state index contributed by atoms with van der Waals surface area (Å²) in [6, 6.07) is 36.4. The zero-order valence-corrected chi connectivity index (χ0v) is 29.0. The van der Waals surface area contributed by atoms with Gasteiger partial charge in [-0.1, -0.05) is 164 Å². The summed E-state index contributed by atoms with van der Waals surface area (Å²) in [5.74, 6) is 1.23. The molecule has 0 saturated heterocycles. The predicted molar refractivity (Wildman–Crippen MR) is 202 cm³/mol. The lowest BCUT2D eigenvalue weighted by atomic mass is 9.82. The quantitative estimate of drug-likeness (QED) is 0.0766. The van der Waals surface area contributed by atoms with Crippen molar-refractivity contribution >= 4 is 11.4 Å². The van der Waals surface area contributed by atoms with Crippen molar-refractivity contribution in [2.24, 2.45) is 0 Å². The van der Waals surface area contributed by atoms with Crippen LogP contribution < -0.4 is 11.5 Å². The first-order valence-electron chi connectivity index (χ1n) is 18.4. The first-order valence-corrected chi connectivity index (χ1v) is 18.4. The van der Waals surface area contributed by atoms with Gasteiger partial charge in [-0.15, -0.1) is 0 Å². The molecule has 0 fully saturated rings. The Morgan fingerprint density at radius 3 is 0.804 bits per heavy atom. The normalized spacial score (nSPS) is 13.4. The number of benzene rings is 4. The number of nitrogen functional groups attached to an aromatic ring is 2. The summed E-state index contributed by atoms with van der Waals surface area (Å²) in [6.45, 7) is 6.87. The van der Waals surface area contributed by atoms with Gasteiger partial charge >= 0.3 is 0 Å². The van der Waals surface area contributed by atoms with E-state index in [1.807, 2.05) is 0 Å². The van der Waals surface area contributed by atoms with Crippen molar-refractivity contribution in [3.05, 3.63) is 130 Å². The molecule has 2 nitrogen and oxygen atoms in total. The van der Waals surface area contributed by atoms with Crippen LogP contribution in [0.25, 0.3) is 0 Å². The zero-order chi connectivity index (χ0) is 32.6. The highest BCUT2D eigenvalue weighted by Gasteiger charge is 2.19. The molecule has 0 radical (unpaired) electrons. The Morgan fingerprint density at radius 1 is 0.326 bits per heavy atom. The van der Waals surface area contributed by atoms with E-state index in [1.54, 1.807) is 0 Å². The Bertz CT molecular complexity index is 1270. The van der Waals surface area contributed by atoms with Crippen molar-refractivity contribution in [1.82, 2.24) is 0 Å². The van der Waals surface area contributed by atoms with Gasteiger partial charge in [0.15, 0.2) is 0 Å². The van der Waals surface area contributed by atoms with Gasteiger partial charge in [-0.25, -0.2) is 0 Å². The largest absolute Gasteiger partial charge is 0.399 e. The first-order chi connectivity index (χ1) is 22.5. The number of rotatable bonds is 20. The van der Waals surface area contributed by atoms with Crippen molar-refractivity contribution in [1.29, 1.82) is 0 Å². The molecule has 0 bridgehead atoms. The molecule has 0 saturated carbocycles. The van der Waals surface area contributed by atoms with Crippen molar-refractivity contribution < 1.29 is 0 Å². The van der Waals surface area contributed by atoms with E-state index in [-0.39, 0.29) is 0 Å². The maximum atomic E-state index is 6.05. The Labute approximate surface area is 281 Å². The fourth-order valence-electron chi connectivity index (χ4n) is 7.10. The molecule has 2 heteroatoms. The van der Waals surface area contributed by atoms with Crippen LogP contribution >= 0.6 is 0 Å². The fourth-order valence-corrected chi connectivity index (χ4v) is 7.10. The molecule has 0 heterocycles. The van der Waals surface area contributed by atoms with Gasteiger partial charge in [-0.05, 0) is 76.9 Å². The average Bonchev–Trinajstić information content (AvgIpc) is 3.08. The van der Waals surface area contributed by atoms with Crippen LogP contribution in [0.2, 0.25) is 0 Å². The van der Waals surface area contributed by atoms with E-state index in [2.05, 4.69) is 118 Å². The number of unbranched alkanes of at least 4 members (excludes halogenated alkanes) is 8.